The first kappa shape index (κ1) is 12.8. The van der Waals surface area contributed by atoms with Crippen LogP contribution in [0.25, 0.3) is 0 Å². The zero-order valence-corrected chi connectivity index (χ0v) is 9.78. The molecule has 2 aromatic rings. The second-order valence-corrected chi connectivity index (χ2v) is 3.86. The standard InChI is InChI=1S/C13H11F2N3O/c14-8-4-2-5-9(11(8)15)18-10-6-1-3-7(12(10)16)13(17)19/h1-6,18H,16H2,(H2,17,19). The summed E-state index contributed by atoms with van der Waals surface area (Å²) < 4.78 is 26.6. The van der Waals surface area contributed by atoms with Crippen molar-refractivity contribution < 1.29 is 13.6 Å². The van der Waals surface area contributed by atoms with Crippen LogP contribution in [0, 0.1) is 11.6 Å². The van der Waals surface area contributed by atoms with Gasteiger partial charge in [0.15, 0.2) is 11.6 Å². The van der Waals surface area contributed by atoms with E-state index in [4.69, 9.17) is 11.5 Å². The highest BCUT2D eigenvalue weighted by Crippen LogP contribution is 2.28. The van der Waals surface area contributed by atoms with Crippen molar-refractivity contribution >= 4 is 23.0 Å². The van der Waals surface area contributed by atoms with Crippen LogP contribution < -0.4 is 16.8 Å². The molecular formula is C13H11F2N3O. The first-order valence-electron chi connectivity index (χ1n) is 5.40. The van der Waals surface area contributed by atoms with Crippen molar-refractivity contribution in [3.8, 4) is 0 Å². The maximum atomic E-state index is 13.5. The van der Waals surface area contributed by atoms with E-state index >= 15 is 0 Å². The van der Waals surface area contributed by atoms with Gasteiger partial charge in [-0.3, -0.25) is 4.79 Å². The summed E-state index contributed by atoms with van der Waals surface area (Å²) in [6.45, 7) is 0. The molecule has 4 nitrogen and oxygen atoms in total. The Morgan fingerprint density at radius 3 is 2.37 bits per heavy atom. The maximum absolute atomic E-state index is 13.5. The maximum Gasteiger partial charge on any atom is 0.250 e. The quantitative estimate of drug-likeness (QED) is 0.744. The van der Waals surface area contributed by atoms with Crippen LogP contribution in [0.3, 0.4) is 0 Å². The summed E-state index contributed by atoms with van der Waals surface area (Å²) in [7, 11) is 0. The van der Waals surface area contributed by atoms with E-state index in [1.54, 1.807) is 0 Å². The number of rotatable bonds is 3. The van der Waals surface area contributed by atoms with Gasteiger partial charge in [0.05, 0.1) is 22.6 Å². The van der Waals surface area contributed by atoms with Crippen LogP contribution in [0.5, 0.6) is 0 Å². The number of primary amides is 1. The molecule has 1 amide bonds. The molecule has 0 heterocycles. The molecule has 0 fully saturated rings. The predicted octanol–water partition coefficient (Wildman–Crippen LogP) is 2.39. The minimum absolute atomic E-state index is 0.0756. The molecule has 0 radical (unpaired) electrons. The van der Waals surface area contributed by atoms with Crippen LogP contribution in [0.4, 0.5) is 25.8 Å². The molecule has 0 aromatic heterocycles. The van der Waals surface area contributed by atoms with Crippen LogP contribution in [0.15, 0.2) is 36.4 Å². The number of amides is 1. The van der Waals surface area contributed by atoms with Gasteiger partial charge in [0.1, 0.15) is 0 Å². The summed E-state index contributed by atoms with van der Waals surface area (Å²) in [5.74, 6) is -2.69. The molecule has 2 aromatic carbocycles. The summed E-state index contributed by atoms with van der Waals surface area (Å²) >= 11 is 0. The van der Waals surface area contributed by atoms with E-state index in [0.29, 0.717) is 0 Å². The van der Waals surface area contributed by atoms with Crippen molar-refractivity contribution in [1.29, 1.82) is 0 Å². The van der Waals surface area contributed by atoms with Crippen molar-refractivity contribution in [2.24, 2.45) is 5.73 Å². The number of hydrogen-bond acceptors (Lipinski definition) is 3. The van der Waals surface area contributed by atoms with Gasteiger partial charge in [-0.2, -0.15) is 0 Å². The lowest BCUT2D eigenvalue weighted by atomic mass is 10.1. The molecule has 2 rings (SSSR count). The number of anilines is 3. The van der Waals surface area contributed by atoms with Crippen molar-refractivity contribution in [2.75, 3.05) is 11.1 Å². The van der Waals surface area contributed by atoms with Crippen molar-refractivity contribution in [3.63, 3.8) is 0 Å². The van der Waals surface area contributed by atoms with Gasteiger partial charge < -0.3 is 16.8 Å². The highest BCUT2D eigenvalue weighted by molar-refractivity contribution is 6.01. The Hall–Kier alpha value is -2.63. The highest BCUT2D eigenvalue weighted by atomic mass is 19.2. The molecule has 19 heavy (non-hydrogen) atoms. The lowest BCUT2D eigenvalue weighted by Crippen LogP contribution is -2.14. The molecule has 5 N–H and O–H groups in total. The van der Waals surface area contributed by atoms with E-state index in [1.807, 2.05) is 0 Å². The molecule has 0 atom stereocenters. The second kappa shape index (κ2) is 4.93. The van der Waals surface area contributed by atoms with E-state index in [9.17, 15) is 13.6 Å². The van der Waals surface area contributed by atoms with Crippen LogP contribution in [-0.2, 0) is 0 Å². The van der Waals surface area contributed by atoms with Crippen molar-refractivity contribution in [2.45, 2.75) is 0 Å². The highest BCUT2D eigenvalue weighted by Gasteiger charge is 2.12. The number of para-hydroxylation sites is 1. The third kappa shape index (κ3) is 2.47. The summed E-state index contributed by atoms with van der Waals surface area (Å²) in [6.07, 6.45) is 0. The molecule has 0 aliphatic carbocycles. The molecule has 0 aliphatic rings. The smallest absolute Gasteiger partial charge is 0.250 e. The fraction of sp³-hybridized carbons (Fsp3) is 0. The van der Waals surface area contributed by atoms with Gasteiger partial charge in [0, 0.05) is 0 Å². The SMILES string of the molecule is NC(=O)c1cccc(Nc2cccc(F)c2F)c1N. The first-order valence-corrected chi connectivity index (χ1v) is 5.40. The number of carbonyl (C=O) groups is 1. The van der Waals surface area contributed by atoms with Gasteiger partial charge in [-0.15, -0.1) is 0 Å². The predicted molar refractivity (Wildman–Crippen MR) is 69.0 cm³/mol. The number of nitrogens with one attached hydrogen (secondary N) is 1. The van der Waals surface area contributed by atoms with E-state index < -0.39 is 17.5 Å². The Balaban J connectivity index is 2.42. The molecular weight excluding hydrogens is 252 g/mol. The molecule has 0 saturated carbocycles. The first-order chi connectivity index (χ1) is 9.00. The van der Waals surface area contributed by atoms with Crippen molar-refractivity contribution in [3.05, 3.63) is 53.6 Å². The molecule has 98 valence electrons. The molecule has 0 bridgehead atoms. The normalized spacial score (nSPS) is 10.2. The largest absolute Gasteiger partial charge is 0.396 e. The summed E-state index contributed by atoms with van der Waals surface area (Å²) in [5.41, 5.74) is 11.3. The minimum Gasteiger partial charge on any atom is -0.396 e. The van der Waals surface area contributed by atoms with Gasteiger partial charge in [-0.25, -0.2) is 8.78 Å². The number of halogens is 2. The Morgan fingerprint density at radius 1 is 1.05 bits per heavy atom. The zero-order chi connectivity index (χ0) is 14.0. The zero-order valence-electron chi connectivity index (χ0n) is 9.78. The Bertz CT molecular complexity index is 644. The molecule has 0 saturated heterocycles. The molecule has 0 unspecified atom stereocenters. The summed E-state index contributed by atoms with van der Waals surface area (Å²) in [6, 6.07) is 8.24. The lowest BCUT2D eigenvalue weighted by Gasteiger charge is -2.12. The molecule has 0 aliphatic heterocycles. The number of carbonyl (C=O) groups excluding carboxylic acids is 1. The number of benzene rings is 2. The minimum atomic E-state index is -1.02. The molecule has 0 spiro atoms. The third-order valence-electron chi connectivity index (χ3n) is 2.59. The topological polar surface area (TPSA) is 81.1 Å². The fourth-order valence-corrected chi connectivity index (χ4v) is 1.63. The fourth-order valence-electron chi connectivity index (χ4n) is 1.63. The van der Waals surface area contributed by atoms with E-state index in [1.165, 1.54) is 30.3 Å². The average Bonchev–Trinajstić information content (AvgIpc) is 2.37. The van der Waals surface area contributed by atoms with Gasteiger partial charge >= 0.3 is 0 Å². The van der Waals surface area contributed by atoms with Crippen LogP contribution >= 0.6 is 0 Å². The van der Waals surface area contributed by atoms with Gasteiger partial charge in [0.2, 0.25) is 0 Å². The van der Waals surface area contributed by atoms with Gasteiger partial charge in [0.25, 0.3) is 5.91 Å². The van der Waals surface area contributed by atoms with E-state index in [0.717, 1.165) is 6.07 Å². The Labute approximate surface area is 108 Å². The second-order valence-electron chi connectivity index (χ2n) is 3.86. The van der Waals surface area contributed by atoms with E-state index in [-0.39, 0.29) is 22.6 Å². The van der Waals surface area contributed by atoms with E-state index in [2.05, 4.69) is 5.32 Å². The monoisotopic (exact) mass is 263 g/mol. The number of nitrogen functional groups attached to an aromatic ring is 1. The van der Waals surface area contributed by atoms with Crippen LogP contribution in [0.1, 0.15) is 10.4 Å². The Kier molecular flexibility index (Phi) is 3.33. The van der Waals surface area contributed by atoms with Gasteiger partial charge in [-0.1, -0.05) is 12.1 Å². The molecule has 6 heteroatoms. The number of hydrogen-bond donors (Lipinski definition) is 3. The van der Waals surface area contributed by atoms with Gasteiger partial charge in [-0.05, 0) is 24.3 Å². The summed E-state index contributed by atoms with van der Waals surface area (Å²) in [5, 5.41) is 2.63. The average molecular weight is 263 g/mol. The lowest BCUT2D eigenvalue weighted by molar-refractivity contribution is 0.100. The number of nitrogens with two attached hydrogens (primary N) is 2. The third-order valence-corrected chi connectivity index (χ3v) is 2.59. The van der Waals surface area contributed by atoms with Crippen LogP contribution in [-0.4, -0.2) is 5.91 Å². The summed E-state index contributed by atoms with van der Waals surface area (Å²) in [4.78, 5) is 11.1. The Morgan fingerprint density at radius 2 is 1.68 bits per heavy atom. The van der Waals surface area contributed by atoms with Crippen molar-refractivity contribution in [1.82, 2.24) is 0 Å². The van der Waals surface area contributed by atoms with Crippen LogP contribution in [0.2, 0.25) is 0 Å².